The highest BCUT2D eigenvalue weighted by molar-refractivity contribution is 4.92. The first-order valence-corrected chi connectivity index (χ1v) is 12.7. The summed E-state index contributed by atoms with van der Waals surface area (Å²) in [6, 6.07) is 0. The topological polar surface area (TPSA) is 120 Å². The highest BCUT2D eigenvalue weighted by Crippen LogP contribution is 2.23. The van der Waals surface area contributed by atoms with Crippen LogP contribution in [0.2, 0.25) is 0 Å². The van der Waals surface area contributed by atoms with Gasteiger partial charge in [-0.25, -0.2) is 0 Å². The maximum Gasteiger partial charge on any atom is 0.186 e. The molecule has 5 N–H and O–H groups in total. The van der Waals surface area contributed by atoms with E-state index in [0.717, 1.165) is 12.8 Å². The van der Waals surface area contributed by atoms with Gasteiger partial charge in [0.15, 0.2) is 6.29 Å². The SMILES string of the molecule is CCCCCCCCCCCCC/C=C/[C@@H](O)[C@@H](C)CO[C@H]1O[C@H](CO)[C@H](O)[C@H](O)[C@H]1O. The second-order valence-electron chi connectivity index (χ2n) is 9.25. The minimum Gasteiger partial charge on any atom is -0.394 e. The van der Waals surface area contributed by atoms with Crippen molar-refractivity contribution in [1.29, 1.82) is 0 Å². The van der Waals surface area contributed by atoms with E-state index in [1.165, 1.54) is 64.2 Å². The lowest BCUT2D eigenvalue weighted by Gasteiger charge is -2.40. The van der Waals surface area contributed by atoms with Crippen LogP contribution in [0.1, 0.15) is 90.9 Å². The van der Waals surface area contributed by atoms with Crippen LogP contribution in [-0.2, 0) is 9.47 Å². The van der Waals surface area contributed by atoms with Crippen LogP contribution in [-0.4, -0.2) is 75.6 Å². The summed E-state index contributed by atoms with van der Waals surface area (Å²) in [5, 5.41) is 49.1. The Morgan fingerprint density at radius 1 is 0.844 bits per heavy atom. The molecular weight excluding hydrogens is 412 g/mol. The van der Waals surface area contributed by atoms with Crippen LogP contribution < -0.4 is 0 Å². The fraction of sp³-hybridized carbons (Fsp3) is 0.920. The average molecular weight is 461 g/mol. The molecule has 190 valence electrons. The second kappa shape index (κ2) is 17.9. The molecule has 0 aromatic rings. The van der Waals surface area contributed by atoms with Crippen molar-refractivity contribution in [2.75, 3.05) is 13.2 Å². The molecular formula is C25H48O7. The van der Waals surface area contributed by atoms with E-state index in [4.69, 9.17) is 9.47 Å². The van der Waals surface area contributed by atoms with E-state index in [1.54, 1.807) is 6.08 Å². The summed E-state index contributed by atoms with van der Waals surface area (Å²) in [6.07, 6.45) is 12.0. The fourth-order valence-electron chi connectivity index (χ4n) is 3.90. The van der Waals surface area contributed by atoms with Crippen molar-refractivity contribution in [1.82, 2.24) is 0 Å². The normalized spacial score (nSPS) is 28.3. The Bertz CT molecular complexity index is 471. The maximum atomic E-state index is 10.3. The maximum absolute atomic E-state index is 10.3. The molecule has 1 aliphatic rings. The van der Waals surface area contributed by atoms with E-state index in [0.29, 0.717) is 0 Å². The van der Waals surface area contributed by atoms with Gasteiger partial charge in [-0.15, -0.1) is 0 Å². The molecule has 7 atom stereocenters. The third-order valence-corrected chi connectivity index (χ3v) is 6.26. The molecule has 7 nitrogen and oxygen atoms in total. The van der Waals surface area contributed by atoms with Gasteiger partial charge < -0.3 is 35.0 Å². The molecule has 0 aromatic carbocycles. The van der Waals surface area contributed by atoms with Gasteiger partial charge in [0.05, 0.1) is 19.3 Å². The molecule has 0 saturated carbocycles. The Labute approximate surface area is 194 Å². The molecule has 0 aliphatic carbocycles. The van der Waals surface area contributed by atoms with E-state index in [2.05, 4.69) is 6.92 Å². The molecule has 0 bridgehead atoms. The highest BCUT2D eigenvalue weighted by atomic mass is 16.7. The summed E-state index contributed by atoms with van der Waals surface area (Å²) < 4.78 is 10.8. The smallest absolute Gasteiger partial charge is 0.186 e. The van der Waals surface area contributed by atoms with Crippen molar-refractivity contribution in [3.63, 3.8) is 0 Å². The van der Waals surface area contributed by atoms with Crippen molar-refractivity contribution in [3.8, 4) is 0 Å². The van der Waals surface area contributed by atoms with E-state index in [1.807, 2.05) is 13.0 Å². The van der Waals surface area contributed by atoms with Crippen molar-refractivity contribution in [2.45, 2.75) is 128 Å². The lowest BCUT2D eigenvalue weighted by molar-refractivity contribution is -0.303. The third-order valence-electron chi connectivity index (χ3n) is 6.26. The first kappa shape index (κ1) is 29.5. The molecule has 7 heteroatoms. The quantitative estimate of drug-likeness (QED) is 0.157. The van der Waals surface area contributed by atoms with Gasteiger partial charge in [-0.1, -0.05) is 90.2 Å². The lowest BCUT2D eigenvalue weighted by Crippen LogP contribution is -2.59. The largest absolute Gasteiger partial charge is 0.394 e. The van der Waals surface area contributed by atoms with Crippen LogP contribution in [0.5, 0.6) is 0 Å². The standard InChI is InChI=1S/C25H48O7/c1-3-4-5-6-7-8-9-10-11-12-13-14-15-16-20(27)19(2)18-31-25-24(30)23(29)22(28)21(17-26)32-25/h15-16,19-30H,3-14,17-18H2,1-2H3/b16-15+/t19-,20+,21+,22-,23-,24+,25-/m0/s1. The number of ether oxygens (including phenoxy) is 2. The van der Waals surface area contributed by atoms with E-state index < -0.39 is 43.4 Å². The van der Waals surface area contributed by atoms with Crippen LogP contribution in [0.15, 0.2) is 12.2 Å². The van der Waals surface area contributed by atoms with Crippen LogP contribution in [0, 0.1) is 5.92 Å². The molecule has 0 aromatic heterocycles. The summed E-state index contributed by atoms with van der Waals surface area (Å²) in [4.78, 5) is 0. The fourth-order valence-corrected chi connectivity index (χ4v) is 3.90. The zero-order valence-corrected chi connectivity index (χ0v) is 20.1. The van der Waals surface area contributed by atoms with Gasteiger partial charge in [-0.05, 0) is 12.8 Å². The van der Waals surface area contributed by atoms with E-state index in [-0.39, 0.29) is 12.5 Å². The van der Waals surface area contributed by atoms with Gasteiger partial charge in [-0.2, -0.15) is 0 Å². The molecule has 0 radical (unpaired) electrons. The molecule has 32 heavy (non-hydrogen) atoms. The zero-order valence-electron chi connectivity index (χ0n) is 20.1. The Morgan fingerprint density at radius 3 is 1.97 bits per heavy atom. The summed E-state index contributed by atoms with van der Waals surface area (Å²) in [6.45, 7) is 3.68. The molecule has 1 rings (SSSR count). The molecule has 0 unspecified atom stereocenters. The van der Waals surface area contributed by atoms with Crippen LogP contribution in [0.3, 0.4) is 0 Å². The summed E-state index contributed by atoms with van der Waals surface area (Å²) in [5.74, 6) is -0.240. The Balaban J connectivity index is 2.10. The molecule has 1 heterocycles. The molecule has 0 spiro atoms. The summed E-state index contributed by atoms with van der Waals surface area (Å²) in [5.41, 5.74) is 0. The van der Waals surface area contributed by atoms with Crippen LogP contribution >= 0.6 is 0 Å². The van der Waals surface area contributed by atoms with Gasteiger partial charge in [0.1, 0.15) is 24.4 Å². The first-order chi connectivity index (χ1) is 15.4. The minimum atomic E-state index is -1.46. The molecule has 1 aliphatic heterocycles. The molecule has 0 amide bonds. The third kappa shape index (κ3) is 11.5. The number of rotatable bonds is 18. The minimum absolute atomic E-state index is 0.104. The predicted octanol–water partition coefficient (Wildman–Crippen LogP) is 3.06. The highest BCUT2D eigenvalue weighted by Gasteiger charge is 2.44. The van der Waals surface area contributed by atoms with E-state index in [9.17, 15) is 25.5 Å². The molecule has 1 saturated heterocycles. The van der Waals surface area contributed by atoms with Crippen molar-refractivity contribution in [2.24, 2.45) is 5.92 Å². The van der Waals surface area contributed by atoms with Gasteiger partial charge in [0.25, 0.3) is 0 Å². The average Bonchev–Trinajstić information content (AvgIpc) is 2.79. The number of unbranched alkanes of at least 4 members (excludes halogenated alkanes) is 11. The van der Waals surface area contributed by atoms with Gasteiger partial charge in [0, 0.05) is 5.92 Å². The van der Waals surface area contributed by atoms with Crippen LogP contribution in [0.25, 0.3) is 0 Å². The zero-order chi connectivity index (χ0) is 23.8. The van der Waals surface area contributed by atoms with E-state index >= 15 is 0 Å². The lowest BCUT2D eigenvalue weighted by atomic mass is 9.99. The molecule has 1 fully saturated rings. The monoisotopic (exact) mass is 460 g/mol. The van der Waals surface area contributed by atoms with Crippen molar-refractivity contribution >= 4 is 0 Å². The Kier molecular flexibility index (Phi) is 16.5. The predicted molar refractivity (Wildman–Crippen MR) is 125 cm³/mol. The number of allylic oxidation sites excluding steroid dienone is 1. The number of hydrogen-bond donors (Lipinski definition) is 5. The van der Waals surface area contributed by atoms with Crippen LogP contribution in [0.4, 0.5) is 0 Å². The second-order valence-corrected chi connectivity index (χ2v) is 9.25. The van der Waals surface area contributed by atoms with Gasteiger partial charge in [0.2, 0.25) is 0 Å². The van der Waals surface area contributed by atoms with Crippen molar-refractivity contribution in [3.05, 3.63) is 12.2 Å². The Morgan fingerprint density at radius 2 is 1.41 bits per heavy atom. The van der Waals surface area contributed by atoms with Crippen molar-refractivity contribution < 1.29 is 35.0 Å². The van der Waals surface area contributed by atoms with Gasteiger partial charge >= 0.3 is 0 Å². The summed E-state index contributed by atoms with van der Waals surface area (Å²) >= 11 is 0. The number of aliphatic hydroxyl groups is 5. The number of hydrogen-bond acceptors (Lipinski definition) is 7. The summed E-state index contributed by atoms with van der Waals surface area (Å²) in [7, 11) is 0. The van der Waals surface area contributed by atoms with Gasteiger partial charge in [-0.3, -0.25) is 0 Å². The Hall–Kier alpha value is -0.540. The first-order valence-electron chi connectivity index (χ1n) is 12.7. The number of aliphatic hydroxyl groups excluding tert-OH is 5.